The number of nitrogens with one attached hydrogen (secondary N) is 1. The molecular weight excluding hydrogens is 240 g/mol. The van der Waals surface area contributed by atoms with Gasteiger partial charge in [0.15, 0.2) is 0 Å². The molecule has 0 aliphatic rings. The SMILES string of the molecule is CC(C)CNS(=O)(=O)c1cccc(CN=O)c1. The first kappa shape index (κ1) is 13.8. The number of hydrogen-bond acceptors (Lipinski definition) is 4. The van der Waals surface area contributed by atoms with E-state index in [-0.39, 0.29) is 17.4 Å². The van der Waals surface area contributed by atoms with Crippen LogP contribution in [-0.4, -0.2) is 15.0 Å². The highest BCUT2D eigenvalue weighted by atomic mass is 32.2. The number of benzene rings is 1. The minimum absolute atomic E-state index is 0.0203. The van der Waals surface area contributed by atoms with Crippen molar-refractivity contribution in [1.82, 2.24) is 4.72 Å². The average Bonchev–Trinajstić information content (AvgIpc) is 2.27. The zero-order chi connectivity index (χ0) is 12.9. The molecule has 94 valence electrons. The van der Waals surface area contributed by atoms with E-state index in [4.69, 9.17) is 0 Å². The smallest absolute Gasteiger partial charge is 0.211 e. The van der Waals surface area contributed by atoms with Gasteiger partial charge in [-0.05, 0) is 23.6 Å². The summed E-state index contributed by atoms with van der Waals surface area (Å²) in [4.78, 5) is 10.3. The quantitative estimate of drug-likeness (QED) is 0.790. The van der Waals surface area contributed by atoms with Gasteiger partial charge in [0.1, 0.15) is 6.54 Å². The largest absolute Gasteiger partial charge is 0.240 e. The molecule has 0 fully saturated rings. The van der Waals surface area contributed by atoms with E-state index in [2.05, 4.69) is 9.90 Å². The molecule has 0 unspecified atom stereocenters. The van der Waals surface area contributed by atoms with Gasteiger partial charge in [-0.2, -0.15) is 4.91 Å². The summed E-state index contributed by atoms with van der Waals surface area (Å²) in [5, 5.41) is 2.74. The Balaban J connectivity index is 2.90. The third-order valence-electron chi connectivity index (χ3n) is 2.14. The van der Waals surface area contributed by atoms with Gasteiger partial charge in [0.25, 0.3) is 0 Å². The maximum atomic E-state index is 11.9. The van der Waals surface area contributed by atoms with Crippen LogP contribution in [0.1, 0.15) is 19.4 Å². The predicted octanol–water partition coefficient (Wildman–Crippen LogP) is 1.89. The van der Waals surface area contributed by atoms with E-state index < -0.39 is 10.0 Å². The molecule has 0 spiro atoms. The molecular formula is C11H16N2O3S. The Morgan fingerprint density at radius 1 is 1.35 bits per heavy atom. The van der Waals surface area contributed by atoms with Crippen molar-refractivity contribution in [3.05, 3.63) is 34.7 Å². The van der Waals surface area contributed by atoms with Crippen LogP contribution in [0.4, 0.5) is 0 Å². The molecule has 0 heterocycles. The molecule has 17 heavy (non-hydrogen) atoms. The third-order valence-corrected chi connectivity index (χ3v) is 3.56. The first-order valence-corrected chi connectivity index (χ1v) is 6.81. The number of sulfonamides is 1. The molecule has 6 heteroatoms. The summed E-state index contributed by atoms with van der Waals surface area (Å²) < 4.78 is 26.3. The summed E-state index contributed by atoms with van der Waals surface area (Å²) in [7, 11) is -3.49. The van der Waals surface area contributed by atoms with Gasteiger partial charge in [0, 0.05) is 6.54 Å². The normalized spacial score (nSPS) is 11.7. The van der Waals surface area contributed by atoms with Crippen LogP contribution in [-0.2, 0) is 16.6 Å². The second-order valence-electron chi connectivity index (χ2n) is 4.18. The van der Waals surface area contributed by atoms with E-state index in [1.165, 1.54) is 12.1 Å². The van der Waals surface area contributed by atoms with Crippen molar-refractivity contribution >= 4 is 10.0 Å². The summed E-state index contributed by atoms with van der Waals surface area (Å²) in [5.41, 5.74) is 0.590. The van der Waals surface area contributed by atoms with Gasteiger partial charge in [0.2, 0.25) is 10.0 Å². The van der Waals surface area contributed by atoms with E-state index in [0.29, 0.717) is 12.1 Å². The van der Waals surface area contributed by atoms with Gasteiger partial charge >= 0.3 is 0 Å². The van der Waals surface area contributed by atoms with E-state index in [1.807, 2.05) is 13.8 Å². The lowest BCUT2D eigenvalue weighted by Crippen LogP contribution is -2.27. The van der Waals surface area contributed by atoms with Crippen molar-refractivity contribution in [2.24, 2.45) is 11.1 Å². The summed E-state index contributed by atoms with van der Waals surface area (Å²) in [5.74, 6) is 0.240. The molecule has 0 aromatic heterocycles. The first-order valence-electron chi connectivity index (χ1n) is 5.33. The fourth-order valence-corrected chi connectivity index (χ4v) is 2.53. The van der Waals surface area contributed by atoms with Crippen molar-refractivity contribution in [3.8, 4) is 0 Å². The Morgan fingerprint density at radius 2 is 2.06 bits per heavy atom. The molecule has 0 bridgehead atoms. The Bertz CT molecular complexity index is 483. The highest BCUT2D eigenvalue weighted by Gasteiger charge is 2.14. The number of nitrogens with zero attached hydrogens (tertiary/aromatic N) is 1. The van der Waals surface area contributed by atoms with E-state index in [0.717, 1.165) is 0 Å². The molecule has 1 aromatic rings. The van der Waals surface area contributed by atoms with Crippen LogP contribution in [0.25, 0.3) is 0 Å². The van der Waals surface area contributed by atoms with Gasteiger partial charge < -0.3 is 0 Å². The zero-order valence-electron chi connectivity index (χ0n) is 9.88. The lowest BCUT2D eigenvalue weighted by atomic mass is 10.2. The van der Waals surface area contributed by atoms with Crippen LogP contribution in [0.2, 0.25) is 0 Å². The average molecular weight is 256 g/mol. The van der Waals surface area contributed by atoms with Crippen LogP contribution in [0.15, 0.2) is 34.3 Å². The monoisotopic (exact) mass is 256 g/mol. The highest BCUT2D eigenvalue weighted by molar-refractivity contribution is 7.89. The number of nitroso groups, excluding NO2 is 1. The highest BCUT2D eigenvalue weighted by Crippen LogP contribution is 2.12. The zero-order valence-corrected chi connectivity index (χ0v) is 10.7. The molecule has 0 atom stereocenters. The number of hydrogen-bond donors (Lipinski definition) is 1. The van der Waals surface area contributed by atoms with Crippen molar-refractivity contribution in [2.75, 3.05) is 6.54 Å². The Kier molecular flexibility index (Phi) is 4.77. The van der Waals surface area contributed by atoms with Gasteiger partial charge in [-0.25, -0.2) is 13.1 Å². The van der Waals surface area contributed by atoms with Gasteiger partial charge in [0.05, 0.1) is 4.90 Å². The molecule has 1 rings (SSSR count). The van der Waals surface area contributed by atoms with Gasteiger partial charge in [-0.3, -0.25) is 0 Å². The predicted molar refractivity (Wildman–Crippen MR) is 66.0 cm³/mol. The fourth-order valence-electron chi connectivity index (χ4n) is 1.25. The molecule has 1 aromatic carbocycles. The van der Waals surface area contributed by atoms with E-state index in [9.17, 15) is 13.3 Å². The van der Waals surface area contributed by atoms with Crippen LogP contribution in [0.3, 0.4) is 0 Å². The molecule has 0 radical (unpaired) electrons. The second-order valence-corrected chi connectivity index (χ2v) is 5.95. The Morgan fingerprint density at radius 3 is 2.65 bits per heavy atom. The fraction of sp³-hybridized carbons (Fsp3) is 0.455. The number of rotatable bonds is 6. The molecule has 0 aliphatic heterocycles. The van der Waals surface area contributed by atoms with Crippen LogP contribution in [0.5, 0.6) is 0 Å². The molecule has 5 nitrogen and oxygen atoms in total. The summed E-state index contributed by atoms with van der Waals surface area (Å²) >= 11 is 0. The summed E-state index contributed by atoms with van der Waals surface area (Å²) in [6.45, 7) is 4.22. The minimum Gasteiger partial charge on any atom is -0.211 e. The van der Waals surface area contributed by atoms with Crippen LogP contribution in [0, 0.1) is 10.8 Å². The lowest BCUT2D eigenvalue weighted by Gasteiger charge is -2.09. The summed E-state index contributed by atoms with van der Waals surface area (Å²) in [6.07, 6.45) is 0. The standard InChI is InChI=1S/C11H16N2O3S/c1-9(2)7-13-17(15,16)11-5-3-4-10(6-11)8-12-14/h3-6,9,13H,7-8H2,1-2H3. The maximum Gasteiger partial charge on any atom is 0.240 e. The van der Waals surface area contributed by atoms with Gasteiger partial charge in [-0.1, -0.05) is 31.2 Å². The van der Waals surface area contributed by atoms with E-state index in [1.54, 1.807) is 12.1 Å². The molecule has 0 saturated carbocycles. The summed E-state index contributed by atoms with van der Waals surface area (Å²) in [6, 6.07) is 6.23. The molecule has 1 N–H and O–H groups in total. The van der Waals surface area contributed by atoms with Crippen molar-refractivity contribution < 1.29 is 8.42 Å². The first-order chi connectivity index (χ1) is 7.95. The third kappa shape index (κ3) is 4.24. The molecule has 0 saturated heterocycles. The van der Waals surface area contributed by atoms with Gasteiger partial charge in [-0.15, -0.1) is 0 Å². The topological polar surface area (TPSA) is 75.6 Å². The van der Waals surface area contributed by atoms with Crippen molar-refractivity contribution in [1.29, 1.82) is 0 Å². The minimum atomic E-state index is -3.49. The Labute approximate surface area is 101 Å². The maximum absolute atomic E-state index is 11.9. The van der Waals surface area contributed by atoms with Crippen LogP contribution < -0.4 is 4.72 Å². The van der Waals surface area contributed by atoms with Crippen LogP contribution >= 0.6 is 0 Å². The molecule has 0 aliphatic carbocycles. The molecule has 0 amide bonds. The second kappa shape index (κ2) is 5.88. The van der Waals surface area contributed by atoms with Crippen molar-refractivity contribution in [2.45, 2.75) is 25.3 Å². The lowest BCUT2D eigenvalue weighted by molar-refractivity contribution is 0.560. The Hall–Kier alpha value is -1.27. The van der Waals surface area contributed by atoms with Crippen molar-refractivity contribution in [3.63, 3.8) is 0 Å². The van der Waals surface area contributed by atoms with E-state index >= 15 is 0 Å².